The van der Waals surface area contributed by atoms with Crippen LogP contribution in [-0.2, 0) is 11.2 Å². The van der Waals surface area contributed by atoms with Crippen molar-refractivity contribution >= 4 is 6.09 Å². The van der Waals surface area contributed by atoms with Crippen LogP contribution in [0, 0.1) is 5.82 Å². The highest BCUT2D eigenvalue weighted by Crippen LogP contribution is 2.30. The smallest absolute Gasteiger partial charge is 0.408 e. The molecule has 0 aliphatic rings. The van der Waals surface area contributed by atoms with E-state index < -0.39 is 23.6 Å². The van der Waals surface area contributed by atoms with Crippen LogP contribution in [0.2, 0.25) is 0 Å². The number of alkyl carbamates (subject to hydrolysis) is 1. The van der Waals surface area contributed by atoms with E-state index >= 15 is 0 Å². The minimum atomic E-state index is -0.623. The number of phenolic OH excluding ortho intramolecular Hbond substituents is 1. The topological polar surface area (TPSA) is 58.6 Å². The normalized spacial score (nSPS) is 12.6. The van der Waals surface area contributed by atoms with Crippen molar-refractivity contribution in [2.24, 2.45) is 0 Å². The quantitative estimate of drug-likeness (QED) is 0.830. The van der Waals surface area contributed by atoms with Crippen molar-refractivity contribution in [3.63, 3.8) is 0 Å². The zero-order chi connectivity index (χ0) is 16.2. The average molecular weight is 295 g/mol. The molecule has 5 heteroatoms. The van der Waals surface area contributed by atoms with Gasteiger partial charge < -0.3 is 15.2 Å². The first kappa shape index (κ1) is 17.0. The number of carbonyl (C=O) groups is 1. The molecule has 4 nitrogen and oxygen atoms in total. The number of allylic oxidation sites excluding steroid dienone is 1. The molecule has 0 aliphatic carbocycles. The van der Waals surface area contributed by atoms with Crippen LogP contribution < -0.4 is 5.32 Å². The lowest BCUT2D eigenvalue weighted by Gasteiger charge is -2.23. The number of halogens is 1. The van der Waals surface area contributed by atoms with Gasteiger partial charge in [0.1, 0.15) is 17.2 Å². The van der Waals surface area contributed by atoms with Gasteiger partial charge in [0.25, 0.3) is 0 Å². The van der Waals surface area contributed by atoms with E-state index in [1.807, 2.05) is 0 Å². The van der Waals surface area contributed by atoms with E-state index in [2.05, 4.69) is 11.9 Å². The summed E-state index contributed by atoms with van der Waals surface area (Å²) in [6, 6.07) is 1.86. The summed E-state index contributed by atoms with van der Waals surface area (Å²) in [5.74, 6) is -0.516. The summed E-state index contributed by atoms with van der Waals surface area (Å²) in [7, 11) is 0. The Kier molecular flexibility index (Phi) is 5.35. The summed E-state index contributed by atoms with van der Waals surface area (Å²) in [4.78, 5) is 11.7. The molecule has 1 aromatic rings. The van der Waals surface area contributed by atoms with Gasteiger partial charge in [-0.15, -0.1) is 6.58 Å². The van der Waals surface area contributed by atoms with Gasteiger partial charge in [-0.05, 0) is 46.2 Å². The molecule has 1 atom stereocenters. The highest BCUT2D eigenvalue weighted by atomic mass is 19.1. The highest BCUT2D eigenvalue weighted by Gasteiger charge is 2.21. The Morgan fingerprint density at radius 3 is 2.67 bits per heavy atom. The Balaban J connectivity index is 2.94. The molecule has 0 saturated heterocycles. The minimum absolute atomic E-state index is 0.0418. The van der Waals surface area contributed by atoms with E-state index in [9.17, 15) is 14.3 Å². The maximum atomic E-state index is 13.6. The molecule has 0 radical (unpaired) electrons. The van der Waals surface area contributed by atoms with Crippen molar-refractivity contribution < 1.29 is 19.0 Å². The molecule has 1 amide bonds. The Labute approximate surface area is 124 Å². The monoisotopic (exact) mass is 295 g/mol. The van der Waals surface area contributed by atoms with Gasteiger partial charge in [-0.2, -0.15) is 0 Å². The molecule has 0 spiro atoms. The third kappa shape index (κ3) is 5.10. The highest BCUT2D eigenvalue weighted by molar-refractivity contribution is 5.68. The molecular weight excluding hydrogens is 273 g/mol. The van der Waals surface area contributed by atoms with Crippen molar-refractivity contribution in [2.45, 2.75) is 45.8 Å². The Morgan fingerprint density at radius 2 is 2.14 bits per heavy atom. The van der Waals surface area contributed by atoms with Gasteiger partial charge in [0, 0.05) is 11.1 Å². The SMILES string of the molecule is C=CCc1cc(F)cc([C@@H](C)NC(=O)OC(C)(C)C)c1O. The molecule has 0 aliphatic heterocycles. The second-order valence-corrected chi connectivity index (χ2v) is 5.86. The fourth-order valence-corrected chi connectivity index (χ4v) is 1.88. The lowest BCUT2D eigenvalue weighted by atomic mass is 10.0. The maximum absolute atomic E-state index is 13.6. The average Bonchev–Trinajstić information content (AvgIpc) is 2.30. The number of aromatic hydroxyl groups is 1. The number of carbonyl (C=O) groups excluding carboxylic acids is 1. The van der Waals surface area contributed by atoms with Crippen LogP contribution >= 0.6 is 0 Å². The largest absolute Gasteiger partial charge is 0.507 e. The zero-order valence-electron chi connectivity index (χ0n) is 12.9. The van der Waals surface area contributed by atoms with Gasteiger partial charge in [-0.3, -0.25) is 0 Å². The molecule has 0 heterocycles. The summed E-state index contributed by atoms with van der Waals surface area (Å²) in [6.07, 6.45) is 1.30. The van der Waals surface area contributed by atoms with E-state index in [0.717, 1.165) is 0 Å². The Hall–Kier alpha value is -2.04. The van der Waals surface area contributed by atoms with E-state index in [-0.39, 0.29) is 5.75 Å². The number of benzene rings is 1. The number of rotatable bonds is 4. The number of phenols is 1. The molecule has 2 N–H and O–H groups in total. The summed E-state index contributed by atoms with van der Waals surface area (Å²) < 4.78 is 18.7. The summed E-state index contributed by atoms with van der Waals surface area (Å²) in [5.41, 5.74) is 0.109. The number of amides is 1. The predicted octanol–water partition coefficient (Wildman–Crippen LogP) is 3.85. The molecule has 0 saturated carbocycles. The fourth-order valence-electron chi connectivity index (χ4n) is 1.88. The van der Waals surface area contributed by atoms with Crippen molar-refractivity contribution in [2.75, 3.05) is 0 Å². The lowest BCUT2D eigenvalue weighted by Crippen LogP contribution is -2.34. The van der Waals surface area contributed by atoms with Gasteiger partial charge >= 0.3 is 6.09 Å². The molecule has 0 fully saturated rings. The minimum Gasteiger partial charge on any atom is -0.507 e. The van der Waals surface area contributed by atoms with Crippen molar-refractivity contribution in [3.05, 3.63) is 41.7 Å². The number of nitrogens with one attached hydrogen (secondary N) is 1. The van der Waals surface area contributed by atoms with Crippen LogP contribution in [0.15, 0.2) is 24.8 Å². The van der Waals surface area contributed by atoms with Gasteiger partial charge in [0.2, 0.25) is 0 Å². The van der Waals surface area contributed by atoms with E-state index in [1.54, 1.807) is 33.8 Å². The van der Waals surface area contributed by atoms with Crippen molar-refractivity contribution in [3.8, 4) is 5.75 Å². The van der Waals surface area contributed by atoms with Gasteiger partial charge in [0.05, 0.1) is 6.04 Å². The van der Waals surface area contributed by atoms with Crippen molar-refractivity contribution in [1.29, 1.82) is 0 Å². The summed E-state index contributed by atoms with van der Waals surface area (Å²) >= 11 is 0. The van der Waals surface area contributed by atoms with Crippen molar-refractivity contribution in [1.82, 2.24) is 5.32 Å². The van der Waals surface area contributed by atoms with Crippen LogP contribution in [0.25, 0.3) is 0 Å². The Morgan fingerprint density at radius 1 is 1.52 bits per heavy atom. The summed E-state index contributed by atoms with van der Waals surface area (Å²) in [5, 5.41) is 12.7. The van der Waals surface area contributed by atoms with E-state index in [0.29, 0.717) is 17.5 Å². The van der Waals surface area contributed by atoms with Crippen LogP contribution in [0.5, 0.6) is 5.75 Å². The zero-order valence-corrected chi connectivity index (χ0v) is 12.9. The van der Waals surface area contributed by atoms with Gasteiger partial charge in [0.15, 0.2) is 0 Å². The van der Waals surface area contributed by atoms with Gasteiger partial charge in [-0.1, -0.05) is 6.08 Å². The third-order valence-electron chi connectivity index (χ3n) is 2.75. The molecule has 0 aromatic heterocycles. The van der Waals surface area contributed by atoms with Crippen LogP contribution in [0.3, 0.4) is 0 Å². The van der Waals surface area contributed by atoms with Crippen LogP contribution in [-0.4, -0.2) is 16.8 Å². The molecule has 21 heavy (non-hydrogen) atoms. The maximum Gasteiger partial charge on any atom is 0.408 e. The first-order valence-corrected chi connectivity index (χ1v) is 6.75. The fraction of sp³-hybridized carbons (Fsp3) is 0.438. The second kappa shape index (κ2) is 6.61. The third-order valence-corrected chi connectivity index (χ3v) is 2.75. The first-order valence-electron chi connectivity index (χ1n) is 6.75. The molecule has 0 unspecified atom stereocenters. The standard InChI is InChI=1S/C16H22FNO3/c1-6-7-11-8-12(17)9-13(14(11)19)10(2)18-15(20)21-16(3,4)5/h6,8-10,19H,1,7H2,2-5H3,(H,18,20)/t10-/m1/s1. The van der Waals surface area contributed by atoms with Crippen LogP contribution in [0.1, 0.15) is 44.9 Å². The number of hydrogen-bond donors (Lipinski definition) is 2. The Bertz CT molecular complexity index is 535. The molecule has 116 valence electrons. The second-order valence-electron chi connectivity index (χ2n) is 5.86. The van der Waals surface area contributed by atoms with Gasteiger partial charge in [-0.25, -0.2) is 9.18 Å². The summed E-state index contributed by atoms with van der Waals surface area (Å²) in [6.45, 7) is 10.5. The molecule has 0 bridgehead atoms. The number of ether oxygens (including phenoxy) is 1. The predicted molar refractivity (Wildman–Crippen MR) is 79.8 cm³/mol. The van der Waals surface area contributed by atoms with Crippen LogP contribution in [0.4, 0.5) is 9.18 Å². The first-order chi connectivity index (χ1) is 9.64. The molecule has 1 aromatic carbocycles. The molecular formula is C16H22FNO3. The number of hydrogen-bond acceptors (Lipinski definition) is 3. The molecule has 1 rings (SSSR count). The van der Waals surface area contributed by atoms with E-state index in [4.69, 9.17) is 4.74 Å². The lowest BCUT2D eigenvalue weighted by molar-refractivity contribution is 0.0507. The van der Waals surface area contributed by atoms with E-state index in [1.165, 1.54) is 12.1 Å².